The van der Waals surface area contributed by atoms with Crippen LogP contribution in [0.4, 0.5) is 4.39 Å². The van der Waals surface area contributed by atoms with Crippen molar-refractivity contribution in [2.75, 3.05) is 0 Å². The predicted molar refractivity (Wildman–Crippen MR) is 66.7 cm³/mol. The van der Waals surface area contributed by atoms with Gasteiger partial charge in [-0.05, 0) is 49.8 Å². The molecule has 16 heavy (non-hydrogen) atoms. The number of hydrogen-bond donors (Lipinski definition) is 1. The molecule has 2 heteroatoms. The van der Waals surface area contributed by atoms with Gasteiger partial charge in [-0.3, -0.25) is 0 Å². The number of hydrogen-bond acceptors (Lipinski definition) is 1. The second-order valence-corrected chi connectivity index (χ2v) is 5.31. The summed E-state index contributed by atoms with van der Waals surface area (Å²) in [6.07, 6.45) is 1.94. The highest BCUT2D eigenvalue weighted by Gasteiger charge is 2.21. The Morgan fingerprint density at radius 2 is 2.00 bits per heavy atom. The molecule has 0 aliphatic carbocycles. The van der Waals surface area contributed by atoms with E-state index < -0.39 is 5.54 Å². The summed E-state index contributed by atoms with van der Waals surface area (Å²) < 4.78 is 13.5. The van der Waals surface area contributed by atoms with E-state index in [1.165, 1.54) is 0 Å². The van der Waals surface area contributed by atoms with Crippen LogP contribution in [-0.2, 0) is 5.54 Å². The van der Waals surface area contributed by atoms with Crippen molar-refractivity contribution in [3.63, 3.8) is 0 Å². The fourth-order valence-corrected chi connectivity index (χ4v) is 1.68. The number of benzene rings is 1. The first kappa shape index (κ1) is 13.2. The molecule has 1 rings (SSSR count). The Labute approximate surface area is 97.9 Å². The average molecular weight is 223 g/mol. The summed E-state index contributed by atoms with van der Waals surface area (Å²) >= 11 is 0. The molecule has 1 aromatic rings. The molecule has 90 valence electrons. The molecule has 0 saturated heterocycles. The lowest BCUT2D eigenvalue weighted by atomic mass is 9.86. The van der Waals surface area contributed by atoms with E-state index >= 15 is 0 Å². The van der Waals surface area contributed by atoms with Crippen molar-refractivity contribution in [1.29, 1.82) is 0 Å². The van der Waals surface area contributed by atoms with E-state index in [1.54, 1.807) is 19.1 Å². The highest BCUT2D eigenvalue weighted by molar-refractivity contribution is 5.28. The van der Waals surface area contributed by atoms with Crippen LogP contribution in [0, 0.1) is 18.7 Å². The van der Waals surface area contributed by atoms with Gasteiger partial charge in [0.25, 0.3) is 0 Å². The molecule has 1 aromatic carbocycles. The molecular weight excluding hydrogens is 201 g/mol. The van der Waals surface area contributed by atoms with Crippen molar-refractivity contribution in [3.05, 3.63) is 35.1 Å². The Hall–Kier alpha value is -0.890. The molecule has 2 N–H and O–H groups in total. The number of aryl methyl sites for hydroxylation is 1. The smallest absolute Gasteiger partial charge is 0.126 e. The summed E-state index contributed by atoms with van der Waals surface area (Å²) in [6.45, 7) is 8.08. The fourth-order valence-electron chi connectivity index (χ4n) is 1.68. The maximum Gasteiger partial charge on any atom is 0.126 e. The van der Waals surface area contributed by atoms with Gasteiger partial charge in [-0.1, -0.05) is 26.0 Å². The van der Waals surface area contributed by atoms with E-state index in [0.29, 0.717) is 11.5 Å². The van der Waals surface area contributed by atoms with E-state index in [2.05, 4.69) is 13.8 Å². The monoisotopic (exact) mass is 223 g/mol. The molecule has 0 radical (unpaired) electrons. The lowest BCUT2D eigenvalue weighted by Gasteiger charge is -2.26. The second kappa shape index (κ2) is 4.96. The van der Waals surface area contributed by atoms with Crippen molar-refractivity contribution in [3.8, 4) is 0 Å². The lowest BCUT2D eigenvalue weighted by Crippen LogP contribution is -2.33. The van der Waals surface area contributed by atoms with Gasteiger partial charge in [0.1, 0.15) is 5.82 Å². The van der Waals surface area contributed by atoms with E-state index in [1.807, 2.05) is 13.0 Å². The molecular formula is C14H22FN. The molecule has 0 aliphatic rings. The first-order valence-electron chi connectivity index (χ1n) is 5.88. The molecule has 1 unspecified atom stereocenters. The minimum Gasteiger partial charge on any atom is -0.322 e. The Balaban J connectivity index is 2.84. The zero-order valence-electron chi connectivity index (χ0n) is 10.7. The molecule has 1 nitrogen and oxygen atoms in total. The highest BCUT2D eigenvalue weighted by atomic mass is 19.1. The van der Waals surface area contributed by atoms with E-state index in [0.717, 1.165) is 18.4 Å². The van der Waals surface area contributed by atoms with E-state index in [9.17, 15) is 4.39 Å². The van der Waals surface area contributed by atoms with Gasteiger partial charge in [0.2, 0.25) is 0 Å². The summed E-state index contributed by atoms with van der Waals surface area (Å²) in [7, 11) is 0. The zero-order valence-corrected chi connectivity index (χ0v) is 10.7. The Morgan fingerprint density at radius 3 is 2.50 bits per heavy atom. The SMILES string of the molecule is Cc1ccc(C(C)(N)CCC(C)C)cc1F. The van der Waals surface area contributed by atoms with Crippen LogP contribution in [0.1, 0.15) is 44.7 Å². The van der Waals surface area contributed by atoms with Crippen LogP contribution in [0.25, 0.3) is 0 Å². The van der Waals surface area contributed by atoms with Crippen LogP contribution < -0.4 is 5.73 Å². The summed E-state index contributed by atoms with van der Waals surface area (Å²) in [4.78, 5) is 0. The summed E-state index contributed by atoms with van der Waals surface area (Å²) in [6, 6.07) is 5.29. The minimum absolute atomic E-state index is 0.168. The van der Waals surface area contributed by atoms with Gasteiger partial charge in [0.05, 0.1) is 0 Å². The molecule has 0 heterocycles. The van der Waals surface area contributed by atoms with Gasteiger partial charge in [-0.15, -0.1) is 0 Å². The third-order valence-electron chi connectivity index (χ3n) is 3.07. The Kier molecular flexibility index (Phi) is 4.09. The van der Waals surface area contributed by atoms with Crippen LogP contribution in [0.2, 0.25) is 0 Å². The fraction of sp³-hybridized carbons (Fsp3) is 0.571. The van der Waals surface area contributed by atoms with Crippen LogP contribution in [0.3, 0.4) is 0 Å². The van der Waals surface area contributed by atoms with Crippen LogP contribution in [0.5, 0.6) is 0 Å². The molecule has 1 atom stereocenters. The zero-order chi connectivity index (χ0) is 12.3. The first-order valence-corrected chi connectivity index (χ1v) is 5.88. The van der Waals surface area contributed by atoms with Gasteiger partial charge in [0.15, 0.2) is 0 Å². The summed E-state index contributed by atoms with van der Waals surface area (Å²) in [5.74, 6) is 0.455. The van der Waals surface area contributed by atoms with Crippen molar-refractivity contribution in [2.24, 2.45) is 11.7 Å². The maximum absolute atomic E-state index is 13.5. The Morgan fingerprint density at radius 1 is 1.38 bits per heavy atom. The predicted octanol–water partition coefficient (Wildman–Crippen LogP) is 3.74. The molecule has 0 aromatic heterocycles. The van der Waals surface area contributed by atoms with E-state index in [-0.39, 0.29) is 5.82 Å². The average Bonchev–Trinajstić information content (AvgIpc) is 2.19. The molecule has 0 aliphatic heterocycles. The lowest BCUT2D eigenvalue weighted by molar-refractivity contribution is 0.394. The molecule has 0 bridgehead atoms. The van der Waals surface area contributed by atoms with Gasteiger partial charge in [-0.2, -0.15) is 0 Å². The van der Waals surface area contributed by atoms with Gasteiger partial charge >= 0.3 is 0 Å². The molecule has 0 spiro atoms. The Bertz CT molecular complexity index is 356. The molecule has 0 saturated carbocycles. The number of rotatable bonds is 4. The van der Waals surface area contributed by atoms with Crippen molar-refractivity contribution < 1.29 is 4.39 Å². The topological polar surface area (TPSA) is 26.0 Å². The van der Waals surface area contributed by atoms with Crippen LogP contribution in [0.15, 0.2) is 18.2 Å². The summed E-state index contributed by atoms with van der Waals surface area (Å²) in [5, 5.41) is 0. The third kappa shape index (κ3) is 3.31. The molecule has 0 amide bonds. The number of halogens is 1. The van der Waals surface area contributed by atoms with Crippen molar-refractivity contribution >= 4 is 0 Å². The van der Waals surface area contributed by atoms with Crippen molar-refractivity contribution in [1.82, 2.24) is 0 Å². The highest BCUT2D eigenvalue weighted by Crippen LogP contribution is 2.26. The number of nitrogens with two attached hydrogens (primary N) is 1. The standard InChI is InChI=1S/C14H22FN/c1-10(2)7-8-14(4,16)12-6-5-11(3)13(15)9-12/h5-6,9-10H,7-8,16H2,1-4H3. The van der Waals surface area contributed by atoms with Gasteiger partial charge < -0.3 is 5.73 Å². The quantitative estimate of drug-likeness (QED) is 0.826. The van der Waals surface area contributed by atoms with E-state index in [4.69, 9.17) is 5.73 Å². The first-order chi connectivity index (χ1) is 7.33. The minimum atomic E-state index is -0.432. The largest absolute Gasteiger partial charge is 0.322 e. The summed E-state index contributed by atoms with van der Waals surface area (Å²) in [5.41, 5.74) is 7.36. The van der Waals surface area contributed by atoms with Crippen LogP contribution >= 0.6 is 0 Å². The third-order valence-corrected chi connectivity index (χ3v) is 3.07. The maximum atomic E-state index is 13.5. The molecule has 0 fully saturated rings. The van der Waals surface area contributed by atoms with Crippen molar-refractivity contribution in [2.45, 2.75) is 46.1 Å². The van der Waals surface area contributed by atoms with Gasteiger partial charge in [-0.25, -0.2) is 4.39 Å². The van der Waals surface area contributed by atoms with Gasteiger partial charge in [0, 0.05) is 5.54 Å². The normalized spacial score (nSPS) is 15.2. The second-order valence-electron chi connectivity index (χ2n) is 5.31. The van der Waals surface area contributed by atoms with Crippen LogP contribution in [-0.4, -0.2) is 0 Å².